The van der Waals surface area contributed by atoms with Gasteiger partial charge in [0.2, 0.25) is 0 Å². The summed E-state index contributed by atoms with van der Waals surface area (Å²) in [6, 6.07) is 3.37. The van der Waals surface area contributed by atoms with Crippen LogP contribution in [0.5, 0.6) is 0 Å². The summed E-state index contributed by atoms with van der Waals surface area (Å²) in [6.07, 6.45) is 5.05. The Balaban J connectivity index is 1.78. The molecule has 2 rings (SSSR count). The summed E-state index contributed by atoms with van der Waals surface area (Å²) >= 11 is 0. The Kier molecular flexibility index (Phi) is 4.48. The molecule has 2 aromatic rings. The lowest BCUT2D eigenvalue weighted by Gasteiger charge is -2.03. The molecular weight excluding hydrogens is 262 g/mol. The number of hydrogen-bond acceptors (Lipinski definition) is 4. The van der Waals surface area contributed by atoms with Crippen molar-refractivity contribution in [2.45, 2.75) is 19.5 Å². The molecule has 8 nitrogen and oxygen atoms in total. The number of hydrogen-bond donors (Lipinski definition) is 2. The second-order valence-corrected chi connectivity index (χ2v) is 4.13. The van der Waals surface area contributed by atoms with E-state index in [1.165, 1.54) is 4.68 Å². The number of carboxylic acids is 1. The highest BCUT2D eigenvalue weighted by molar-refractivity contribution is 5.92. The van der Waals surface area contributed by atoms with Gasteiger partial charge in [-0.1, -0.05) is 0 Å². The SMILES string of the molecule is O=C(O)CCn1ccc(C(=O)NCCn2cccn2)n1. The predicted molar refractivity (Wildman–Crippen MR) is 69.0 cm³/mol. The van der Waals surface area contributed by atoms with Gasteiger partial charge < -0.3 is 10.4 Å². The standard InChI is InChI=1S/C12H15N5O3/c18-11(19)3-8-17-7-2-10(15-17)12(20)13-5-9-16-6-1-4-14-16/h1-2,4,6-7H,3,5,8-9H2,(H,13,20)(H,18,19). The van der Waals surface area contributed by atoms with Crippen molar-refractivity contribution in [3.63, 3.8) is 0 Å². The molecule has 106 valence electrons. The molecule has 2 heterocycles. The number of aliphatic carboxylic acids is 1. The van der Waals surface area contributed by atoms with Gasteiger partial charge in [0.1, 0.15) is 5.69 Å². The molecule has 2 aromatic heterocycles. The zero-order chi connectivity index (χ0) is 14.4. The molecule has 0 aromatic carbocycles. The predicted octanol–water partition coefficient (Wildman–Crippen LogP) is -0.0157. The molecule has 2 N–H and O–H groups in total. The highest BCUT2D eigenvalue weighted by Gasteiger charge is 2.09. The van der Waals surface area contributed by atoms with Crippen molar-refractivity contribution >= 4 is 11.9 Å². The highest BCUT2D eigenvalue weighted by Crippen LogP contribution is 1.97. The third kappa shape index (κ3) is 3.94. The molecule has 0 aliphatic rings. The first-order valence-electron chi connectivity index (χ1n) is 6.16. The Morgan fingerprint density at radius 1 is 1.25 bits per heavy atom. The number of nitrogens with one attached hydrogen (secondary N) is 1. The molecule has 0 unspecified atom stereocenters. The summed E-state index contributed by atoms with van der Waals surface area (Å²) in [7, 11) is 0. The molecule has 0 atom stereocenters. The van der Waals surface area contributed by atoms with Crippen LogP contribution < -0.4 is 5.32 Å². The molecule has 0 fully saturated rings. The minimum Gasteiger partial charge on any atom is -0.481 e. The minimum atomic E-state index is -0.897. The molecule has 0 aliphatic heterocycles. The third-order valence-electron chi connectivity index (χ3n) is 2.61. The molecule has 8 heteroatoms. The van der Waals surface area contributed by atoms with Gasteiger partial charge in [-0.2, -0.15) is 10.2 Å². The van der Waals surface area contributed by atoms with Crippen LogP contribution in [0, 0.1) is 0 Å². The number of carbonyl (C=O) groups excluding carboxylic acids is 1. The van der Waals surface area contributed by atoms with Crippen molar-refractivity contribution in [2.24, 2.45) is 0 Å². The Morgan fingerprint density at radius 3 is 2.80 bits per heavy atom. The number of amides is 1. The van der Waals surface area contributed by atoms with E-state index in [1.807, 2.05) is 12.3 Å². The van der Waals surface area contributed by atoms with Crippen molar-refractivity contribution in [1.29, 1.82) is 0 Å². The Morgan fingerprint density at radius 2 is 2.10 bits per heavy atom. The van der Waals surface area contributed by atoms with E-state index in [2.05, 4.69) is 15.5 Å². The first kappa shape index (κ1) is 13.8. The summed E-state index contributed by atoms with van der Waals surface area (Å²) in [4.78, 5) is 22.2. The molecular formula is C12H15N5O3. The lowest BCUT2D eigenvalue weighted by atomic mass is 10.4. The van der Waals surface area contributed by atoms with Crippen molar-refractivity contribution in [3.05, 3.63) is 36.4 Å². The van der Waals surface area contributed by atoms with Crippen LogP contribution >= 0.6 is 0 Å². The van der Waals surface area contributed by atoms with Crippen LogP contribution in [-0.4, -0.2) is 43.1 Å². The van der Waals surface area contributed by atoms with Gasteiger partial charge in [-0.15, -0.1) is 0 Å². The number of aromatic nitrogens is 4. The monoisotopic (exact) mass is 277 g/mol. The van der Waals surface area contributed by atoms with Crippen molar-refractivity contribution in [1.82, 2.24) is 24.9 Å². The molecule has 0 saturated carbocycles. The molecule has 0 spiro atoms. The van der Waals surface area contributed by atoms with E-state index in [4.69, 9.17) is 5.11 Å². The first-order chi connectivity index (χ1) is 9.65. The van der Waals surface area contributed by atoms with Gasteiger partial charge in [0.15, 0.2) is 0 Å². The van der Waals surface area contributed by atoms with E-state index < -0.39 is 5.97 Å². The van der Waals surface area contributed by atoms with Gasteiger partial charge in [0.05, 0.1) is 19.5 Å². The van der Waals surface area contributed by atoms with Gasteiger partial charge in [-0.25, -0.2) is 0 Å². The maximum atomic E-state index is 11.8. The van der Waals surface area contributed by atoms with Gasteiger partial charge in [-0.05, 0) is 12.1 Å². The van der Waals surface area contributed by atoms with E-state index in [-0.39, 0.29) is 24.6 Å². The van der Waals surface area contributed by atoms with Gasteiger partial charge in [-0.3, -0.25) is 19.0 Å². The van der Waals surface area contributed by atoms with Crippen LogP contribution in [-0.2, 0) is 17.9 Å². The van der Waals surface area contributed by atoms with Crippen molar-refractivity contribution in [2.75, 3.05) is 6.54 Å². The zero-order valence-corrected chi connectivity index (χ0v) is 10.8. The van der Waals surface area contributed by atoms with Gasteiger partial charge in [0, 0.05) is 25.1 Å². The first-order valence-corrected chi connectivity index (χ1v) is 6.16. The summed E-state index contributed by atoms with van der Waals surface area (Å²) in [5.74, 6) is -1.18. The number of aryl methyl sites for hydroxylation is 1. The lowest BCUT2D eigenvalue weighted by molar-refractivity contribution is -0.137. The maximum Gasteiger partial charge on any atom is 0.305 e. The van der Waals surface area contributed by atoms with Crippen LogP contribution in [0.1, 0.15) is 16.9 Å². The van der Waals surface area contributed by atoms with Crippen LogP contribution in [0.2, 0.25) is 0 Å². The third-order valence-corrected chi connectivity index (χ3v) is 2.61. The van der Waals surface area contributed by atoms with Gasteiger partial charge in [0.25, 0.3) is 5.91 Å². The summed E-state index contributed by atoms with van der Waals surface area (Å²) < 4.78 is 3.16. The van der Waals surface area contributed by atoms with Crippen molar-refractivity contribution in [3.8, 4) is 0 Å². The van der Waals surface area contributed by atoms with Gasteiger partial charge >= 0.3 is 5.97 Å². The van der Waals surface area contributed by atoms with E-state index in [9.17, 15) is 9.59 Å². The zero-order valence-electron chi connectivity index (χ0n) is 10.8. The summed E-state index contributed by atoms with van der Waals surface area (Å²) in [5, 5.41) is 19.3. The average molecular weight is 277 g/mol. The second-order valence-electron chi connectivity index (χ2n) is 4.13. The molecule has 20 heavy (non-hydrogen) atoms. The van der Waals surface area contributed by atoms with Crippen LogP contribution in [0.25, 0.3) is 0 Å². The van der Waals surface area contributed by atoms with E-state index >= 15 is 0 Å². The Labute approximate surface area is 115 Å². The highest BCUT2D eigenvalue weighted by atomic mass is 16.4. The second kappa shape index (κ2) is 6.50. The summed E-state index contributed by atoms with van der Waals surface area (Å²) in [6.45, 7) is 1.27. The fourth-order valence-electron chi connectivity index (χ4n) is 1.62. The van der Waals surface area contributed by atoms with Crippen LogP contribution in [0.4, 0.5) is 0 Å². The van der Waals surface area contributed by atoms with Crippen LogP contribution in [0.15, 0.2) is 30.7 Å². The fraction of sp³-hybridized carbons (Fsp3) is 0.333. The maximum absolute atomic E-state index is 11.8. The molecule has 0 saturated heterocycles. The smallest absolute Gasteiger partial charge is 0.305 e. The normalized spacial score (nSPS) is 10.4. The summed E-state index contributed by atoms with van der Waals surface area (Å²) in [5.41, 5.74) is 0.274. The molecule has 1 amide bonds. The largest absolute Gasteiger partial charge is 0.481 e. The van der Waals surface area contributed by atoms with Crippen LogP contribution in [0.3, 0.4) is 0 Å². The van der Waals surface area contributed by atoms with Crippen molar-refractivity contribution < 1.29 is 14.7 Å². The Bertz CT molecular complexity index is 576. The van der Waals surface area contributed by atoms with E-state index in [0.29, 0.717) is 13.1 Å². The minimum absolute atomic E-state index is 0.0258. The van der Waals surface area contributed by atoms with E-state index in [0.717, 1.165) is 0 Å². The molecule has 0 aliphatic carbocycles. The lowest BCUT2D eigenvalue weighted by Crippen LogP contribution is -2.27. The quantitative estimate of drug-likeness (QED) is 0.740. The topological polar surface area (TPSA) is 102 Å². The van der Waals surface area contributed by atoms with E-state index in [1.54, 1.807) is 23.1 Å². The average Bonchev–Trinajstić information content (AvgIpc) is 3.07. The number of rotatable bonds is 7. The Hall–Kier alpha value is -2.64. The number of carboxylic acid groups (broad SMARTS) is 1. The number of nitrogens with zero attached hydrogens (tertiary/aromatic N) is 4. The molecule has 0 radical (unpaired) electrons. The fourth-order valence-corrected chi connectivity index (χ4v) is 1.62. The molecule has 0 bridgehead atoms. The number of carbonyl (C=O) groups is 2.